The molecule has 11 aromatic carbocycles. The molecule has 0 fully saturated rings. The zero-order valence-corrected chi connectivity index (χ0v) is 47.4. The van der Waals surface area contributed by atoms with Crippen LogP contribution in [0, 0.1) is 74.9 Å². The Morgan fingerprint density at radius 3 is 0.843 bits per heavy atom. The summed E-state index contributed by atoms with van der Waals surface area (Å²) < 4.78 is 8.85. The molecule has 0 amide bonds. The third-order valence-corrected chi connectivity index (χ3v) is 17.4. The SMILES string of the molecule is Cc1ccccc1-c1c(-n2c3ccc(C#N)cc3c3cc(C#N)ccc32)c(-n2c3ccc(C#N)cc3c3cc(C#N)ccc32)nc(-n2c3ccc(-c4ccccc4)cc3c3cc(-c4ccccc4)ccc32)c1-n1c2ccc(C#N)cc2c2cc(C#N)ccc21. The molecule has 0 saturated carbocycles. The minimum atomic E-state index is 0.437. The summed E-state index contributed by atoms with van der Waals surface area (Å²) in [6.45, 7) is 2.10. The van der Waals surface area contributed by atoms with Gasteiger partial charge in [0.1, 0.15) is 11.4 Å². The smallest absolute Gasteiger partial charge is 0.165 e. The van der Waals surface area contributed by atoms with Crippen molar-refractivity contribution < 1.29 is 0 Å². The van der Waals surface area contributed by atoms with Crippen LogP contribution in [0.2, 0.25) is 0 Å². The van der Waals surface area contributed by atoms with E-state index in [1.807, 2.05) is 146 Å². The van der Waals surface area contributed by atoms with E-state index in [0.717, 1.165) is 115 Å². The first-order valence-corrected chi connectivity index (χ1v) is 28.8. The predicted octanol–water partition coefficient (Wildman–Crippen LogP) is 18.0. The highest BCUT2D eigenvalue weighted by Crippen LogP contribution is 2.50. The number of fused-ring (bicyclic) bond motifs is 12. The third kappa shape index (κ3) is 7.75. The first-order valence-electron chi connectivity index (χ1n) is 28.8. The van der Waals surface area contributed by atoms with Crippen LogP contribution >= 0.6 is 0 Å². The van der Waals surface area contributed by atoms with Crippen LogP contribution in [0.3, 0.4) is 0 Å². The van der Waals surface area contributed by atoms with Gasteiger partial charge in [-0.2, -0.15) is 31.6 Å². The number of pyridine rings is 1. The summed E-state index contributed by atoms with van der Waals surface area (Å²) in [6, 6.07) is 90.3. The first kappa shape index (κ1) is 51.4. The number of hydrogen-bond donors (Lipinski definition) is 0. The number of nitriles is 6. The second-order valence-electron chi connectivity index (χ2n) is 22.2. The van der Waals surface area contributed by atoms with Gasteiger partial charge in [-0.25, -0.2) is 4.98 Å². The maximum Gasteiger partial charge on any atom is 0.165 e. The quantitative estimate of drug-likeness (QED) is 0.153. The number of rotatable bonds is 7. The fraction of sp³-hybridized carbons (Fsp3) is 0.0128. The normalized spacial score (nSPS) is 11.4. The van der Waals surface area contributed by atoms with Gasteiger partial charge in [0.2, 0.25) is 0 Å². The standard InChI is InChI=1S/C78H41N11/c1-46-10-8-9-15-57(46)74-75(86-66-24-16-47(40-79)32-58(66)59-33-48(41-80)17-25-67(59)86)77(88-70-28-20-51(44-83)36-62(70)63-37-52(45-84)21-29-71(63)88)85-78(76(74)87-68-26-18-49(42-81)34-60(68)61-35-50(43-82)19-27-69(61)87)89-72-30-22-55(53-11-4-2-5-12-53)38-64(72)65-39-56(23-31-73(65)89)54-13-6-3-7-14-54/h2-39H,1H3. The average molecular weight is 1130 g/mol. The van der Waals surface area contributed by atoms with E-state index in [-0.39, 0.29) is 0 Å². The highest BCUT2D eigenvalue weighted by Gasteiger charge is 2.34. The zero-order chi connectivity index (χ0) is 60.2. The van der Waals surface area contributed by atoms with Crippen LogP contribution in [0.25, 0.3) is 144 Å². The Labute approximate surface area is 508 Å². The van der Waals surface area contributed by atoms with Crippen LogP contribution < -0.4 is 0 Å². The topological polar surface area (TPSA) is 175 Å². The van der Waals surface area contributed by atoms with Crippen LogP contribution in [0.1, 0.15) is 38.9 Å². The number of nitrogens with zero attached hydrogens (tertiary/aromatic N) is 11. The van der Waals surface area contributed by atoms with Crippen molar-refractivity contribution in [1.82, 2.24) is 23.3 Å². The van der Waals surface area contributed by atoms with Crippen LogP contribution in [-0.2, 0) is 0 Å². The van der Waals surface area contributed by atoms with Gasteiger partial charge in [0.05, 0.1) is 114 Å². The van der Waals surface area contributed by atoms with E-state index in [1.54, 1.807) is 12.1 Å². The fourth-order valence-corrected chi connectivity index (χ4v) is 13.5. The molecule has 0 N–H and O–H groups in total. The highest BCUT2D eigenvalue weighted by atomic mass is 15.2. The molecule has 0 bridgehead atoms. The van der Waals surface area contributed by atoms with Crippen molar-refractivity contribution in [3.8, 4) is 92.8 Å². The number of aryl methyl sites for hydroxylation is 1. The Morgan fingerprint density at radius 1 is 0.270 bits per heavy atom. The van der Waals surface area contributed by atoms with Crippen molar-refractivity contribution in [2.75, 3.05) is 0 Å². The lowest BCUT2D eigenvalue weighted by atomic mass is 9.96. The van der Waals surface area contributed by atoms with Gasteiger partial charge in [-0.05, 0) is 174 Å². The molecule has 0 radical (unpaired) electrons. The van der Waals surface area contributed by atoms with Crippen molar-refractivity contribution >= 4 is 87.2 Å². The van der Waals surface area contributed by atoms with Gasteiger partial charge >= 0.3 is 0 Å². The largest absolute Gasteiger partial charge is 0.305 e. The molecule has 0 atom stereocenters. The molecular formula is C78H41N11. The van der Waals surface area contributed by atoms with Gasteiger partial charge in [0.15, 0.2) is 11.6 Å². The van der Waals surface area contributed by atoms with Crippen molar-refractivity contribution in [1.29, 1.82) is 31.6 Å². The van der Waals surface area contributed by atoms with E-state index < -0.39 is 0 Å². The summed E-state index contributed by atoms with van der Waals surface area (Å²) in [5.74, 6) is 0.992. The predicted molar refractivity (Wildman–Crippen MR) is 351 cm³/mol. The van der Waals surface area contributed by atoms with Gasteiger partial charge in [-0.1, -0.05) is 97.1 Å². The van der Waals surface area contributed by atoms with E-state index in [4.69, 9.17) is 4.98 Å². The monoisotopic (exact) mass is 1130 g/mol. The lowest BCUT2D eigenvalue weighted by Crippen LogP contribution is -2.16. The van der Waals surface area contributed by atoms with Gasteiger partial charge in [0.25, 0.3) is 0 Å². The minimum absolute atomic E-state index is 0.437. The maximum absolute atomic E-state index is 10.6. The molecule has 0 unspecified atom stereocenters. The molecule has 0 saturated heterocycles. The van der Waals surface area contributed by atoms with E-state index in [2.05, 4.69) is 134 Å². The number of aromatic nitrogens is 5. The summed E-state index contributed by atoms with van der Waals surface area (Å²) in [5, 5.41) is 69.7. The van der Waals surface area contributed by atoms with E-state index in [9.17, 15) is 31.6 Å². The van der Waals surface area contributed by atoms with Crippen molar-refractivity contribution in [2.24, 2.45) is 0 Å². The molecule has 11 heteroatoms. The Kier molecular flexibility index (Phi) is 11.5. The molecule has 0 aliphatic heterocycles. The Hall–Kier alpha value is -13.3. The summed E-state index contributed by atoms with van der Waals surface area (Å²) in [5.41, 5.74) is 16.7. The van der Waals surface area contributed by atoms with E-state index >= 15 is 0 Å². The highest BCUT2D eigenvalue weighted by molar-refractivity contribution is 6.17. The minimum Gasteiger partial charge on any atom is -0.305 e. The molecule has 5 heterocycles. The summed E-state index contributed by atoms with van der Waals surface area (Å²) in [4.78, 5) is 6.34. The van der Waals surface area contributed by atoms with Gasteiger partial charge in [-0.15, -0.1) is 0 Å². The second kappa shape index (κ2) is 19.9. The van der Waals surface area contributed by atoms with Crippen LogP contribution in [-0.4, -0.2) is 23.3 Å². The molecule has 16 rings (SSSR count). The number of benzene rings is 11. The second-order valence-corrected chi connectivity index (χ2v) is 22.2. The van der Waals surface area contributed by atoms with Gasteiger partial charge < -0.3 is 9.13 Å². The number of hydrogen-bond acceptors (Lipinski definition) is 7. The lowest BCUT2D eigenvalue weighted by molar-refractivity contribution is 0.960. The Balaban J connectivity index is 1.22. The van der Waals surface area contributed by atoms with Gasteiger partial charge in [0, 0.05) is 48.7 Å². The van der Waals surface area contributed by atoms with Crippen LogP contribution in [0.4, 0.5) is 0 Å². The zero-order valence-electron chi connectivity index (χ0n) is 47.4. The molecule has 408 valence electrons. The summed E-state index contributed by atoms with van der Waals surface area (Å²) in [7, 11) is 0. The van der Waals surface area contributed by atoms with Crippen molar-refractivity contribution in [2.45, 2.75) is 6.92 Å². The summed E-state index contributed by atoms with van der Waals surface area (Å²) in [6.07, 6.45) is 0. The fourth-order valence-electron chi connectivity index (χ4n) is 13.5. The third-order valence-electron chi connectivity index (χ3n) is 17.4. The van der Waals surface area contributed by atoms with Crippen molar-refractivity contribution in [3.63, 3.8) is 0 Å². The van der Waals surface area contributed by atoms with Crippen molar-refractivity contribution in [3.05, 3.63) is 269 Å². The van der Waals surface area contributed by atoms with Gasteiger partial charge in [-0.3, -0.25) is 9.13 Å². The molecule has 0 aliphatic rings. The molecule has 0 spiro atoms. The maximum atomic E-state index is 10.6. The Bertz CT molecular complexity index is 5760. The molecular weight excluding hydrogens is 1090 g/mol. The van der Waals surface area contributed by atoms with E-state index in [0.29, 0.717) is 67.4 Å². The average Bonchev–Trinajstić information content (AvgIpc) is 1.62. The molecule has 16 aromatic rings. The molecule has 5 aromatic heterocycles. The van der Waals surface area contributed by atoms with Crippen LogP contribution in [0.5, 0.6) is 0 Å². The summed E-state index contributed by atoms with van der Waals surface area (Å²) >= 11 is 0. The molecule has 89 heavy (non-hydrogen) atoms. The molecule has 11 nitrogen and oxygen atoms in total. The Morgan fingerprint density at radius 2 is 0.539 bits per heavy atom. The van der Waals surface area contributed by atoms with Crippen LogP contribution in [0.15, 0.2) is 231 Å². The molecule has 0 aliphatic carbocycles. The first-order chi connectivity index (χ1) is 43.8. The van der Waals surface area contributed by atoms with E-state index in [1.165, 1.54) is 0 Å². The lowest BCUT2D eigenvalue weighted by Gasteiger charge is -2.27.